The number of benzene rings is 2. The van der Waals surface area contributed by atoms with Gasteiger partial charge in [-0.2, -0.15) is 0 Å². The quantitative estimate of drug-likeness (QED) is 0.192. The van der Waals surface area contributed by atoms with Crippen molar-refractivity contribution in [1.82, 2.24) is 9.80 Å². The minimum atomic E-state index is -3.68. The molecule has 0 heterocycles. The van der Waals surface area contributed by atoms with Crippen LogP contribution in [0.25, 0.3) is 0 Å². The second-order valence-electron chi connectivity index (χ2n) is 17.1. The third-order valence-corrected chi connectivity index (χ3v) is 11.7. The number of carbonyl (C=O) groups excluding carboxylic acids is 2. The highest BCUT2D eigenvalue weighted by Gasteiger charge is 2.45. The van der Waals surface area contributed by atoms with Crippen molar-refractivity contribution in [2.75, 3.05) is 26.2 Å². The van der Waals surface area contributed by atoms with Crippen LogP contribution in [0.5, 0.6) is 0 Å². The van der Waals surface area contributed by atoms with Crippen molar-refractivity contribution in [1.29, 1.82) is 0 Å². The summed E-state index contributed by atoms with van der Waals surface area (Å²) >= 11 is 0. The average molecular weight is 653 g/mol. The van der Waals surface area contributed by atoms with Crippen LogP contribution in [0.15, 0.2) is 48.5 Å². The summed E-state index contributed by atoms with van der Waals surface area (Å²) in [4.78, 5) is 33.0. The van der Waals surface area contributed by atoms with Gasteiger partial charge < -0.3 is 14.4 Å². The van der Waals surface area contributed by atoms with E-state index in [-0.39, 0.29) is 52.7 Å². The van der Waals surface area contributed by atoms with Crippen molar-refractivity contribution < 1.29 is 14.2 Å². The highest BCUT2D eigenvalue weighted by atomic mass is 31.2. The van der Waals surface area contributed by atoms with Crippen LogP contribution in [-0.2, 0) is 25.0 Å². The van der Waals surface area contributed by atoms with E-state index in [4.69, 9.17) is 0 Å². The van der Waals surface area contributed by atoms with Crippen molar-refractivity contribution in [2.45, 2.75) is 120 Å². The number of hydrogen-bond donors (Lipinski definition) is 0. The van der Waals surface area contributed by atoms with Crippen LogP contribution in [0, 0.1) is 23.7 Å². The van der Waals surface area contributed by atoms with Gasteiger partial charge in [-0.15, -0.1) is 0 Å². The molecule has 0 N–H and O–H groups in total. The first-order chi connectivity index (χ1) is 21.1. The highest BCUT2D eigenvalue weighted by molar-refractivity contribution is 7.80. The molecule has 46 heavy (non-hydrogen) atoms. The molecule has 0 aliphatic rings. The van der Waals surface area contributed by atoms with E-state index in [1.54, 1.807) is 0 Å². The Labute approximate surface area is 282 Å². The highest BCUT2D eigenvalue weighted by Crippen LogP contribution is 2.51. The molecule has 0 saturated heterocycles. The summed E-state index contributed by atoms with van der Waals surface area (Å²) in [5, 5.41) is 1.26. The predicted molar refractivity (Wildman–Crippen MR) is 198 cm³/mol. The smallest absolute Gasteiger partial charge is 0.234 e. The number of hydrogen-bond acceptors (Lipinski definition) is 3. The van der Waals surface area contributed by atoms with Gasteiger partial charge in [0.1, 0.15) is 5.66 Å². The van der Waals surface area contributed by atoms with Gasteiger partial charge in [-0.25, -0.2) is 0 Å². The van der Waals surface area contributed by atoms with E-state index in [2.05, 4.69) is 96.9 Å². The minimum Gasteiger partial charge on any atom is -0.342 e. The zero-order valence-electron chi connectivity index (χ0n) is 31.6. The van der Waals surface area contributed by atoms with Crippen molar-refractivity contribution in [3.63, 3.8) is 0 Å². The molecule has 6 heteroatoms. The summed E-state index contributed by atoms with van der Waals surface area (Å²) in [6.45, 7) is 32.1. The summed E-state index contributed by atoms with van der Waals surface area (Å²) in [6, 6.07) is 15.9. The molecule has 5 nitrogen and oxygen atoms in total. The van der Waals surface area contributed by atoms with Crippen LogP contribution >= 0.6 is 7.14 Å². The maximum absolute atomic E-state index is 16.1. The van der Waals surface area contributed by atoms with E-state index in [1.165, 1.54) is 0 Å². The standard InChI is InChI=1S/C40H65N2O3P/c1-28(2)24-41(25-29(3)4)37(43)23-36(38(44)42(26-30(5)6)27-31(7)8)46(45,34-19-15-32(16-20-34)39(9,10)11)35-21-17-33(18-22-35)40(12,13)14/h15-22,28-31,36H,23-27H2,1-14H3. The van der Waals surface area contributed by atoms with E-state index in [1.807, 2.05) is 58.3 Å². The molecule has 2 rings (SSSR count). The average Bonchev–Trinajstić information content (AvgIpc) is 2.92. The summed E-state index contributed by atoms with van der Waals surface area (Å²) < 4.78 is 16.1. The molecule has 2 aromatic carbocycles. The second-order valence-corrected chi connectivity index (χ2v) is 20.1. The first-order valence-electron chi connectivity index (χ1n) is 17.5. The second kappa shape index (κ2) is 16.1. The Balaban J connectivity index is 2.91. The maximum Gasteiger partial charge on any atom is 0.234 e. The zero-order valence-corrected chi connectivity index (χ0v) is 32.5. The lowest BCUT2D eigenvalue weighted by Crippen LogP contribution is -2.48. The SMILES string of the molecule is CC(C)CN(CC(C)C)C(=O)CC(C(=O)N(CC(C)C)CC(C)C)P(=O)(c1ccc(C(C)(C)C)cc1)c1ccc(C(C)(C)C)cc1. The van der Waals surface area contributed by atoms with Gasteiger partial charge in [0, 0.05) is 43.2 Å². The van der Waals surface area contributed by atoms with Crippen LogP contribution in [-0.4, -0.2) is 53.5 Å². The van der Waals surface area contributed by atoms with Crippen molar-refractivity contribution in [3.05, 3.63) is 59.7 Å². The largest absolute Gasteiger partial charge is 0.342 e. The Kier molecular flexibility index (Phi) is 14.0. The summed E-state index contributed by atoms with van der Waals surface area (Å²) in [7, 11) is -3.68. The van der Waals surface area contributed by atoms with Gasteiger partial charge in [0.25, 0.3) is 0 Å². The van der Waals surface area contributed by atoms with Gasteiger partial charge in [-0.3, -0.25) is 9.59 Å². The van der Waals surface area contributed by atoms with Crippen LogP contribution in [0.2, 0.25) is 0 Å². The summed E-state index contributed by atoms with van der Waals surface area (Å²) in [5.74, 6) is 0.720. The maximum atomic E-state index is 16.1. The molecule has 1 unspecified atom stereocenters. The van der Waals surface area contributed by atoms with E-state index in [9.17, 15) is 9.59 Å². The topological polar surface area (TPSA) is 57.7 Å². The van der Waals surface area contributed by atoms with E-state index in [0.29, 0.717) is 36.8 Å². The Hall–Kier alpha value is -2.39. The molecule has 0 aromatic heterocycles. The Morgan fingerprint density at radius 3 is 1.15 bits per heavy atom. The molecule has 0 bridgehead atoms. The molecule has 0 radical (unpaired) electrons. The molecule has 0 saturated carbocycles. The Bertz CT molecular complexity index is 1230. The third kappa shape index (κ3) is 10.8. The van der Waals surface area contributed by atoms with Crippen molar-refractivity contribution in [2.24, 2.45) is 23.7 Å². The summed E-state index contributed by atoms with van der Waals surface area (Å²) in [5.41, 5.74) is 1.08. The lowest BCUT2D eigenvalue weighted by Gasteiger charge is -2.36. The van der Waals surface area contributed by atoms with Crippen molar-refractivity contribution in [3.8, 4) is 0 Å². The lowest BCUT2D eigenvalue weighted by atomic mass is 9.87. The van der Waals surface area contributed by atoms with Gasteiger partial charge in [0.05, 0.1) is 0 Å². The van der Waals surface area contributed by atoms with E-state index < -0.39 is 12.8 Å². The van der Waals surface area contributed by atoms with Gasteiger partial charge in [0.2, 0.25) is 11.8 Å². The van der Waals surface area contributed by atoms with Gasteiger partial charge in [-0.05, 0) is 45.6 Å². The van der Waals surface area contributed by atoms with Crippen LogP contribution in [0.3, 0.4) is 0 Å². The Morgan fingerprint density at radius 2 is 0.870 bits per heavy atom. The fraction of sp³-hybridized carbons (Fsp3) is 0.650. The molecule has 0 spiro atoms. The van der Waals surface area contributed by atoms with E-state index >= 15 is 4.57 Å². The molecule has 0 aliphatic heterocycles. The van der Waals surface area contributed by atoms with Gasteiger partial charge in [-0.1, -0.05) is 145 Å². The van der Waals surface area contributed by atoms with Gasteiger partial charge in [0.15, 0.2) is 7.14 Å². The van der Waals surface area contributed by atoms with Gasteiger partial charge >= 0.3 is 0 Å². The number of carbonyl (C=O) groups is 2. The number of amides is 2. The van der Waals surface area contributed by atoms with Crippen LogP contribution < -0.4 is 10.6 Å². The van der Waals surface area contributed by atoms with Crippen LogP contribution in [0.4, 0.5) is 0 Å². The number of nitrogens with zero attached hydrogens (tertiary/aromatic N) is 2. The molecular weight excluding hydrogens is 587 g/mol. The molecule has 2 aromatic rings. The molecule has 0 aliphatic carbocycles. The summed E-state index contributed by atoms with van der Waals surface area (Å²) in [6.07, 6.45) is -0.0930. The molecule has 1 atom stereocenters. The minimum absolute atomic E-state index is 0.0818. The normalized spacial score (nSPS) is 13.5. The predicted octanol–water partition coefficient (Wildman–Crippen LogP) is 8.64. The molecule has 0 fully saturated rings. The fourth-order valence-corrected chi connectivity index (χ4v) is 9.14. The van der Waals surface area contributed by atoms with Crippen LogP contribution in [0.1, 0.15) is 114 Å². The monoisotopic (exact) mass is 652 g/mol. The molecule has 2 amide bonds. The first-order valence-corrected chi connectivity index (χ1v) is 19.2. The third-order valence-electron chi connectivity index (χ3n) is 8.33. The van der Waals surface area contributed by atoms with Crippen molar-refractivity contribution >= 4 is 29.6 Å². The molecular formula is C40H65N2O3P. The number of rotatable bonds is 14. The lowest BCUT2D eigenvalue weighted by molar-refractivity contribution is -0.137. The first kappa shape index (κ1) is 39.8. The zero-order chi connectivity index (χ0) is 35.2. The Morgan fingerprint density at radius 1 is 0.565 bits per heavy atom. The fourth-order valence-electron chi connectivity index (χ4n) is 6.05. The molecule has 258 valence electrons. The van der Waals surface area contributed by atoms with E-state index in [0.717, 1.165) is 11.1 Å².